The van der Waals surface area contributed by atoms with Crippen molar-refractivity contribution in [3.05, 3.63) is 29.2 Å². The van der Waals surface area contributed by atoms with Crippen LogP contribution in [0, 0.1) is 5.92 Å². The first-order chi connectivity index (χ1) is 7.88. The SMILES string of the molecule is COc1ccc(CNCC2CC=CCC2)s1. The molecule has 1 unspecified atom stereocenters. The van der Waals surface area contributed by atoms with Crippen LogP contribution in [-0.4, -0.2) is 13.7 Å². The number of hydrogen-bond acceptors (Lipinski definition) is 3. The van der Waals surface area contributed by atoms with Crippen LogP contribution in [0.3, 0.4) is 0 Å². The van der Waals surface area contributed by atoms with Crippen LogP contribution in [0.4, 0.5) is 0 Å². The Bertz CT molecular complexity index is 345. The van der Waals surface area contributed by atoms with Gasteiger partial charge in [0, 0.05) is 11.4 Å². The summed E-state index contributed by atoms with van der Waals surface area (Å²) >= 11 is 1.72. The van der Waals surface area contributed by atoms with E-state index in [2.05, 4.69) is 23.5 Å². The smallest absolute Gasteiger partial charge is 0.173 e. The lowest BCUT2D eigenvalue weighted by molar-refractivity contribution is 0.427. The number of hydrogen-bond donors (Lipinski definition) is 1. The van der Waals surface area contributed by atoms with Gasteiger partial charge in [-0.1, -0.05) is 12.2 Å². The van der Waals surface area contributed by atoms with Crippen molar-refractivity contribution in [1.29, 1.82) is 0 Å². The zero-order valence-corrected chi connectivity index (χ0v) is 10.6. The molecule has 0 spiro atoms. The van der Waals surface area contributed by atoms with E-state index in [9.17, 15) is 0 Å². The van der Waals surface area contributed by atoms with Crippen molar-refractivity contribution in [2.24, 2.45) is 5.92 Å². The van der Waals surface area contributed by atoms with Gasteiger partial charge in [0.1, 0.15) is 0 Å². The number of thiophene rings is 1. The number of rotatable bonds is 5. The summed E-state index contributed by atoms with van der Waals surface area (Å²) in [7, 11) is 1.72. The van der Waals surface area contributed by atoms with Crippen LogP contribution in [0.2, 0.25) is 0 Å². The summed E-state index contributed by atoms with van der Waals surface area (Å²) in [6, 6.07) is 4.17. The van der Waals surface area contributed by atoms with E-state index in [1.165, 1.54) is 24.1 Å². The van der Waals surface area contributed by atoms with Gasteiger partial charge in [-0.05, 0) is 43.9 Å². The Morgan fingerprint density at radius 2 is 2.38 bits per heavy atom. The number of nitrogens with one attached hydrogen (secondary N) is 1. The van der Waals surface area contributed by atoms with Gasteiger partial charge in [0.2, 0.25) is 0 Å². The molecule has 0 radical (unpaired) electrons. The first-order valence-electron chi connectivity index (χ1n) is 5.87. The monoisotopic (exact) mass is 237 g/mol. The van der Waals surface area contributed by atoms with Crippen LogP contribution in [0.5, 0.6) is 5.06 Å². The van der Waals surface area contributed by atoms with Crippen LogP contribution in [0.15, 0.2) is 24.3 Å². The molecule has 3 heteroatoms. The molecule has 88 valence electrons. The molecular formula is C13H19NOS. The lowest BCUT2D eigenvalue weighted by Gasteiger charge is -2.17. The second-order valence-corrected chi connectivity index (χ2v) is 5.34. The summed E-state index contributed by atoms with van der Waals surface area (Å²) in [6.45, 7) is 2.10. The standard InChI is InChI=1S/C13H19NOS/c1-15-13-8-7-12(16-13)10-14-9-11-5-3-2-4-6-11/h2-3,7-8,11,14H,4-6,9-10H2,1H3. The van der Waals surface area contributed by atoms with Gasteiger partial charge in [-0.3, -0.25) is 0 Å². The van der Waals surface area contributed by atoms with E-state index >= 15 is 0 Å². The molecule has 0 amide bonds. The predicted molar refractivity (Wildman–Crippen MR) is 69.1 cm³/mol. The van der Waals surface area contributed by atoms with Crippen molar-refractivity contribution in [2.45, 2.75) is 25.8 Å². The van der Waals surface area contributed by atoms with E-state index in [1.807, 2.05) is 6.07 Å². The van der Waals surface area contributed by atoms with Gasteiger partial charge in [-0.25, -0.2) is 0 Å². The molecular weight excluding hydrogens is 218 g/mol. The minimum Gasteiger partial charge on any atom is -0.487 e. The molecule has 16 heavy (non-hydrogen) atoms. The third-order valence-electron chi connectivity index (χ3n) is 2.95. The quantitative estimate of drug-likeness (QED) is 0.794. The molecule has 1 aromatic heterocycles. The van der Waals surface area contributed by atoms with E-state index < -0.39 is 0 Å². The highest BCUT2D eigenvalue weighted by molar-refractivity contribution is 7.13. The lowest BCUT2D eigenvalue weighted by Crippen LogP contribution is -2.22. The van der Waals surface area contributed by atoms with Crippen LogP contribution in [-0.2, 0) is 6.54 Å². The number of ether oxygens (including phenoxy) is 1. The Kier molecular flexibility index (Phi) is 4.43. The second-order valence-electron chi connectivity index (χ2n) is 4.21. The van der Waals surface area contributed by atoms with Crippen molar-refractivity contribution in [3.63, 3.8) is 0 Å². The van der Waals surface area contributed by atoms with Gasteiger partial charge in [-0.15, -0.1) is 11.3 Å². The Morgan fingerprint density at radius 3 is 3.06 bits per heavy atom. The van der Waals surface area contributed by atoms with Gasteiger partial charge in [0.15, 0.2) is 5.06 Å². The molecule has 1 heterocycles. The second kappa shape index (κ2) is 6.06. The fourth-order valence-corrected chi connectivity index (χ4v) is 2.79. The van der Waals surface area contributed by atoms with Crippen molar-refractivity contribution < 1.29 is 4.74 Å². The predicted octanol–water partition coefficient (Wildman–Crippen LogP) is 3.20. The highest BCUT2D eigenvalue weighted by Crippen LogP contribution is 2.23. The van der Waals surface area contributed by atoms with Crippen molar-refractivity contribution in [1.82, 2.24) is 5.32 Å². The van der Waals surface area contributed by atoms with E-state index in [0.29, 0.717) is 0 Å². The Hall–Kier alpha value is -0.800. The normalized spacial score (nSPS) is 19.9. The molecule has 0 saturated carbocycles. The summed E-state index contributed by atoms with van der Waals surface area (Å²) < 4.78 is 5.17. The molecule has 0 aromatic carbocycles. The first kappa shape index (κ1) is 11.7. The number of allylic oxidation sites excluding steroid dienone is 2. The largest absolute Gasteiger partial charge is 0.487 e. The van der Waals surface area contributed by atoms with Crippen LogP contribution >= 0.6 is 11.3 Å². The fraction of sp³-hybridized carbons (Fsp3) is 0.538. The summed E-state index contributed by atoms with van der Waals surface area (Å²) in [5.41, 5.74) is 0. The Labute approximate surface area is 101 Å². The zero-order chi connectivity index (χ0) is 11.2. The van der Waals surface area contributed by atoms with Gasteiger partial charge >= 0.3 is 0 Å². The average molecular weight is 237 g/mol. The summed E-state index contributed by atoms with van der Waals surface area (Å²) in [5, 5.41) is 4.53. The molecule has 2 rings (SSSR count). The van der Waals surface area contributed by atoms with E-state index in [0.717, 1.165) is 24.1 Å². The summed E-state index contributed by atoms with van der Waals surface area (Å²) in [6.07, 6.45) is 8.42. The Morgan fingerprint density at radius 1 is 1.44 bits per heavy atom. The van der Waals surface area contributed by atoms with Crippen LogP contribution in [0.1, 0.15) is 24.1 Å². The summed E-state index contributed by atoms with van der Waals surface area (Å²) in [5.74, 6) is 0.826. The van der Waals surface area contributed by atoms with Gasteiger partial charge < -0.3 is 10.1 Å². The molecule has 1 aliphatic carbocycles. The molecule has 1 aromatic rings. The molecule has 2 nitrogen and oxygen atoms in total. The van der Waals surface area contributed by atoms with E-state index in [1.54, 1.807) is 18.4 Å². The fourth-order valence-electron chi connectivity index (χ4n) is 2.00. The third-order valence-corrected chi connectivity index (χ3v) is 3.99. The minimum absolute atomic E-state index is 0.826. The molecule has 0 aliphatic heterocycles. The van der Waals surface area contributed by atoms with E-state index in [-0.39, 0.29) is 0 Å². The van der Waals surface area contributed by atoms with Crippen molar-refractivity contribution >= 4 is 11.3 Å². The molecule has 1 aliphatic rings. The molecule has 0 bridgehead atoms. The van der Waals surface area contributed by atoms with Crippen molar-refractivity contribution in [2.75, 3.05) is 13.7 Å². The first-order valence-corrected chi connectivity index (χ1v) is 6.68. The maximum Gasteiger partial charge on any atom is 0.173 e. The maximum absolute atomic E-state index is 5.17. The van der Waals surface area contributed by atoms with Gasteiger partial charge in [-0.2, -0.15) is 0 Å². The topological polar surface area (TPSA) is 21.3 Å². The third kappa shape index (κ3) is 3.35. The van der Waals surface area contributed by atoms with Crippen LogP contribution in [0.25, 0.3) is 0 Å². The van der Waals surface area contributed by atoms with E-state index in [4.69, 9.17) is 4.74 Å². The number of methoxy groups -OCH3 is 1. The average Bonchev–Trinajstić information content (AvgIpc) is 2.78. The van der Waals surface area contributed by atoms with Gasteiger partial charge in [0.25, 0.3) is 0 Å². The maximum atomic E-state index is 5.17. The van der Waals surface area contributed by atoms with Crippen molar-refractivity contribution in [3.8, 4) is 5.06 Å². The van der Waals surface area contributed by atoms with Gasteiger partial charge in [0.05, 0.1) is 7.11 Å². The zero-order valence-electron chi connectivity index (χ0n) is 9.74. The highest BCUT2D eigenvalue weighted by atomic mass is 32.1. The van der Waals surface area contributed by atoms with Crippen LogP contribution < -0.4 is 10.1 Å². The lowest BCUT2D eigenvalue weighted by atomic mass is 9.94. The molecule has 1 atom stereocenters. The summed E-state index contributed by atoms with van der Waals surface area (Å²) in [4.78, 5) is 1.35. The molecule has 0 saturated heterocycles. The highest BCUT2D eigenvalue weighted by Gasteiger charge is 2.09. The molecule has 1 N–H and O–H groups in total. The molecule has 0 fully saturated rings. The minimum atomic E-state index is 0.826. The Balaban J connectivity index is 1.69.